The van der Waals surface area contributed by atoms with Crippen molar-refractivity contribution in [2.75, 3.05) is 18.6 Å². The number of carbonyl (C=O) groups is 2. The van der Waals surface area contributed by atoms with Crippen molar-refractivity contribution < 1.29 is 14.3 Å². The Kier molecular flexibility index (Phi) is 4.59. The minimum absolute atomic E-state index is 0.0225. The van der Waals surface area contributed by atoms with E-state index in [4.69, 9.17) is 4.74 Å². The molecule has 1 aliphatic heterocycles. The number of amides is 3. The first-order valence-corrected chi connectivity index (χ1v) is 7.34. The number of hydrogen-bond donors (Lipinski definition) is 2. The van der Waals surface area contributed by atoms with Crippen LogP contribution in [-0.4, -0.2) is 31.1 Å². The molecule has 0 aliphatic carbocycles. The molecule has 0 fully saturated rings. The smallest absolute Gasteiger partial charge is 0.315 e. The molecule has 0 bridgehead atoms. The fraction of sp³-hybridized carbons (Fsp3) is 0.500. The maximum atomic E-state index is 11.9. The standard InChI is InChI=1S/C16H23N3O3/c1-16(2,3)18-15(21)17-10-11-5-6-13-12(9-11)19(4)14(20)7-8-22-13/h5-6,9H,7-8,10H2,1-4H3,(H2,17,18,21). The minimum Gasteiger partial charge on any atom is -0.491 e. The van der Waals surface area contributed by atoms with Crippen molar-refractivity contribution in [3.63, 3.8) is 0 Å². The molecule has 2 rings (SSSR count). The van der Waals surface area contributed by atoms with Crippen molar-refractivity contribution in [1.29, 1.82) is 0 Å². The highest BCUT2D eigenvalue weighted by Crippen LogP contribution is 2.31. The number of ether oxygens (including phenoxy) is 1. The van der Waals surface area contributed by atoms with Crippen LogP contribution in [0.3, 0.4) is 0 Å². The third-order valence-corrected chi connectivity index (χ3v) is 3.27. The zero-order valence-electron chi connectivity index (χ0n) is 13.5. The van der Waals surface area contributed by atoms with Gasteiger partial charge in [-0.3, -0.25) is 4.79 Å². The van der Waals surface area contributed by atoms with Gasteiger partial charge < -0.3 is 20.3 Å². The van der Waals surface area contributed by atoms with Gasteiger partial charge in [-0.15, -0.1) is 0 Å². The summed E-state index contributed by atoms with van der Waals surface area (Å²) in [6.45, 7) is 6.55. The largest absolute Gasteiger partial charge is 0.491 e. The summed E-state index contributed by atoms with van der Waals surface area (Å²) in [7, 11) is 1.74. The third kappa shape index (κ3) is 4.13. The van der Waals surface area contributed by atoms with Crippen LogP contribution in [0, 0.1) is 0 Å². The predicted molar refractivity (Wildman–Crippen MR) is 85.1 cm³/mol. The Morgan fingerprint density at radius 1 is 1.36 bits per heavy atom. The molecule has 6 nitrogen and oxygen atoms in total. The maximum Gasteiger partial charge on any atom is 0.315 e. The number of nitrogens with zero attached hydrogens (tertiary/aromatic N) is 1. The highest BCUT2D eigenvalue weighted by atomic mass is 16.5. The molecule has 22 heavy (non-hydrogen) atoms. The molecule has 6 heteroatoms. The van der Waals surface area contributed by atoms with Crippen molar-refractivity contribution in [1.82, 2.24) is 10.6 Å². The van der Waals surface area contributed by atoms with Crippen LogP contribution in [0.4, 0.5) is 10.5 Å². The topological polar surface area (TPSA) is 70.7 Å². The summed E-state index contributed by atoms with van der Waals surface area (Å²) in [4.78, 5) is 25.3. The molecule has 0 spiro atoms. The van der Waals surface area contributed by atoms with Gasteiger partial charge in [0.25, 0.3) is 0 Å². The van der Waals surface area contributed by atoms with Crippen LogP contribution in [-0.2, 0) is 11.3 Å². The summed E-state index contributed by atoms with van der Waals surface area (Å²) >= 11 is 0. The fourth-order valence-electron chi connectivity index (χ4n) is 2.17. The molecule has 1 aromatic rings. The molecule has 3 amide bonds. The Labute approximate surface area is 130 Å². The van der Waals surface area contributed by atoms with E-state index in [9.17, 15) is 9.59 Å². The lowest BCUT2D eigenvalue weighted by molar-refractivity contribution is -0.118. The maximum absolute atomic E-state index is 11.9. The average Bonchev–Trinajstić information content (AvgIpc) is 2.55. The number of rotatable bonds is 2. The Bertz CT molecular complexity index is 578. The Morgan fingerprint density at radius 3 is 2.77 bits per heavy atom. The van der Waals surface area contributed by atoms with E-state index in [1.807, 2.05) is 39.0 Å². The van der Waals surface area contributed by atoms with E-state index < -0.39 is 0 Å². The number of urea groups is 1. The van der Waals surface area contributed by atoms with Gasteiger partial charge in [-0.25, -0.2) is 4.79 Å². The van der Waals surface area contributed by atoms with Gasteiger partial charge in [0, 0.05) is 19.1 Å². The van der Waals surface area contributed by atoms with E-state index in [-0.39, 0.29) is 17.5 Å². The molecule has 0 aromatic heterocycles. The number of anilines is 1. The van der Waals surface area contributed by atoms with Gasteiger partial charge in [0.1, 0.15) is 5.75 Å². The number of nitrogens with one attached hydrogen (secondary N) is 2. The van der Waals surface area contributed by atoms with Gasteiger partial charge in [0.2, 0.25) is 5.91 Å². The first-order chi connectivity index (χ1) is 10.3. The second-order valence-corrected chi connectivity index (χ2v) is 6.41. The van der Waals surface area contributed by atoms with Crippen LogP contribution in [0.1, 0.15) is 32.8 Å². The van der Waals surface area contributed by atoms with Crippen LogP contribution in [0.2, 0.25) is 0 Å². The zero-order chi connectivity index (χ0) is 16.3. The van der Waals surface area contributed by atoms with E-state index in [0.717, 1.165) is 11.3 Å². The molecular weight excluding hydrogens is 282 g/mol. The summed E-state index contributed by atoms with van der Waals surface area (Å²) in [6.07, 6.45) is 0.368. The molecule has 0 saturated heterocycles. The van der Waals surface area contributed by atoms with Crippen LogP contribution < -0.4 is 20.3 Å². The molecule has 0 saturated carbocycles. The summed E-state index contributed by atoms with van der Waals surface area (Å²) in [5, 5.41) is 5.65. The summed E-state index contributed by atoms with van der Waals surface area (Å²) in [5.74, 6) is 0.713. The van der Waals surface area contributed by atoms with Gasteiger partial charge in [-0.2, -0.15) is 0 Å². The second kappa shape index (κ2) is 6.25. The van der Waals surface area contributed by atoms with Crippen molar-refractivity contribution in [3.8, 4) is 5.75 Å². The van der Waals surface area contributed by atoms with Crippen LogP contribution in [0.15, 0.2) is 18.2 Å². The van der Waals surface area contributed by atoms with Gasteiger partial charge in [-0.1, -0.05) is 6.07 Å². The molecule has 0 unspecified atom stereocenters. The van der Waals surface area contributed by atoms with Crippen molar-refractivity contribution in [3.05, 3.63) is 23.8 Å². The molecule has 0 radical (unpaired) electrons. The van der Waals surface area contributed by atoms with E-state index >= 15 is 0 Å². The lowest BCUT2D eigenvalue weighted by atomic mass is 10.1. The summed E-state index contributed by atoms with van der Waals surface area (Å²) in [6, 6.07) is 5.38. The molecule has 1 aliphatic rings. The van der Waals surface area contributed by atoms with E-state index in [1.54, 1.807) is 11.9 Å². The second-order valence-electron chi connectivity index (χ2n) is 6.41. The van der Waals surface area contributed by atoms with Gasteiger partial charge in [0.05, 0.1) is 18.7 Å². The number of benzene rings is 1. The molecule has 0 atom stereocenters. The van der Waals surface area contributed by atoms with E-state index in [0.29, 0.717) is 25.3 Å². The highest BCUT2D eigenvalue weighted by molar-refractivity contribution is 5.95. The highest BCUT2D eigenvalue weighted by Gasteiger charge is 2.20. The Balaban J connectivity index is 2.06. The fourth-order valence-corrected chi connectivity index (χ4v) is 2.17. The monoisotopic (exact) mass is 305 g/mol. The first-order valence-electron chi connectivity index (χ1n) is 7.34. The third-order valence-electron chi connectivity index (χ3n) is 3.27. The number of fused-ring (bicyclic) bond motifs is 1. The Hall–Kier alpha value is -2.24. The molecule has 120 valence electrons. The zero-order valence-corrected chi connectivity index (χ0v) is 13.5. The van der Waals surface area contributed by atoms with Gasteiger partial charge in [-0.05, 0) is 38.5 Å². The van der Waals surface area contributed by atoms with Crippen molar-refractivity contribution in [2.45, 2.75) is 39.3 Å². The quantitative estimate of drug-likeness (QED) is 0.878. The van der Waals surface area contributed by atoms with Crippen LogP contribution in [0.25, 0.3) is 0 Å². The number of carbonyl (C=O) groups excluding carboxylic acids is 2. The normalized spacial score (nSPS) is 14.7. The molecular formula is C16H23N3O3. The van der Waals surface area contributed by atoms with E-state index in [2.05, 4.69) is 10.6 Å². The summed E-state index contributed by atoms with van der Waals surface area (Å²) < 4.78 is 5.57. The van der Waals surface area contributed by atoms with Crippen LogP contribution in [0.5, 0.6) is 5.75 Å². The average molecular weight is 305 g/mol. The van der Waals surface area contributed by atoms with Crippen LogP contribution >= 0.6 is 0 Å². The lowest BCUT2D eigenvalue weighted by Gasteiger charge is -2.21. The summed E-state index contributed by atoms with van der Waals surface area (Å²) in [5.41, 5.74) is 1.36. The van der Waals surface area contributed by atoms with Gasteiger partial charge >= 0.3 is 6.03 Å². The SMILES string of the molecule is CN1C(=O)CCOc2ccc(CNC(=O)NC(C)(C)C)cc21. The molecule has 1 aromatic carbocycles. The van der Waals surface area contributed by atoms with Gasteiger partial charge in [0.15, 0.2) is 0 Å². The van der Waals surface area contributed by atoms with E-state index in [1.165, 1.54) is 0 Å². The Morgan fingerprint density at radius 2 is 2.09 bits per heavy atom. The predicted octanol–water partition coefficient (Wildman–Crippen LogP) is 2.03. The molecule has 1 heterocycles. The number of hydrogen-bond acceptors (Lipinski definition) is 3. The van der Waals surface area contributed by atoms with Crippen molar-refractivity contribution >= 4 is 17.6 Å². The lowest BCUT2D eigenvalue weighted by Crippen LogP contribution is -2.46. The van der Waals surface area contributed by atoms with Crippen molar-refractivity contribution in [2.24, 2.45) is 0 Å². The molecule has 2 N–H and O–H groups in total. The minimum atomic E-state index is -0.279. The first kappa shape index (κ1) is 16.1.